The van der Waals surface area contributed by atoms with Crippen LogP contribution in [0.3, 0.4) is 0 Å². The third-order valence-corrected chi connectivity index (χ3v) is 5.17. The van der Waals surface area contributed by atoms with Crippen LogP contribution in [-0.2, 0) is 4.79 Å². The number of carboxylic acids is 1. The molecule has 2 aromatic carbocycles. The largest absolute Gasteiger partial charge is 0.508 e. The van der Waals surface area contributed by atoms with Crippen molar-refractivity contribution in [1.29, 1.82) is 0 Å². The van der Waals surface area contributed by atoms with Crippen LogP contribution in [0.5, 0.6) is 17.2 Å². The maximum atomic E-state index is 12.5. The SMILES string of the molecule is CC1C(=O)Nc2cc(O)cc(c2O)C(Nc2cc(O)ccc2C(=O)O)CC=CC=CC1O. The zero-order valence-corrected chi connectivity index (χ0v) is 17.2. The Morgan fingerprint density at radius 3 is 2.56 bits per heavy atom. The van der Waals surface area contributed by atoms with Gasteiger partial charge in [-0.25, -0.2) is 4.79 Å². The average molecular weight is 440 g/mol. The lowest BCUT2D eigenvalue weighted by Gasteiger charge is -2.23. The molecular formula is C23H24N2O7. The highest BCUT2D eigenvalue weighted by atomic mass is 16.4. The molecule has 3 unspecified atom stereocenters. The molecule has 0 radical (unpaired) electrons. The number of hydrogen-bond donors (Lipinski definition) is 7. The van der Waals surface area contributed by atoms with Gasteiger partial charge in [-0.3, -0.25) is 4.79 Å². The van der Waals surface area contributed by atoms with Gasteiger partial charge in [-0.05, 0) is 24.6 Å². The number of aromatic carboxylic acids is 1. The Kier molecular flexibility index (Phi) is 6.70. The van der Waals surface area contributed by atoms with Crippen molar-refractivity contribution in [3.8, 4) is 17.2 Å². The van der Waals surface area contributed by atoms with Crippen LogP contribution >= 0.6 is 0 Å². The number of phenolic OH excluding ortho intramolecular Hbond substituents is 3. The fraction of sp³-hybridized carbons (Fsp3) is 0.217. The van der Waals surface area contributed by atoms with Gasteiger partial charge in [-0.15, -0.1) is 0 Å². The van der Waals surface area contributed by atoms with E-state index in [0.717, 1.165) is 0 Å². The molecule has 3 rings (SSSR count). The van der Waals surface area contributed by atoms with Crippen LogP contribution in [0.25, 0.3) is 0 Å². The topological polar surface area (TPSA) is 159 Å². The number of amides is 1. The van der Waals surface area contributed by atoms with E-state index in [1.165, 1.54) is 43.3 Å². The number of aliphatic hydroxyl groups is 1. The highest BCUT2D eigenvalue weighted by Crippen LogP contribution is 2.40. The Balaban J connectivity index is 2.11. The number of rotatable bonds is 3. The van der Waals surface area contributed by atoms with Crippen LogP contribution in [0.2, 0.25) is 0 Å². The first kappa shape index (κ1) is 22.7. The first-order chi connectivity index (χ1) is 15.2. The van der Waals surface area contributed by atoms with Gasteiger partial charge in [0.1, 0.15) is 17.2 Å². The maximum absolute atomic E-state index is 12.5. The average Bonchev–Trinajstić information content (AvgIpc) is 2.73. The molecule has 3 atom stereocenters. The number of aliphatic hydroxyl groups excluding tert-OH is 1. The molecule has 1 aliphatic heterocycles. The lowest BCUT2D eigenvalue weighted by molar-refractivity contribution is -0.121. The number of allylic oxidation sites excluding steroid dienone is 2. The summed E-state index contributed by atoms with van der Waals surface area (Å²) < 4.78 is 0. The molecule has 0 aromatic heterocycles. The van der Waals surface area contributed by atoms with Crippen molar-refractivity contribution in [3.05, 3.63) is 65.8 Å². The molecule has 2 bridgehead atoms. The zero-order valence-electron chi connectivity index (χ0n) is 17.2. The van der Waals surface area contributed by atoms with Gasteiger partial charge in [-0.2, -0.15) is 0 Å². The predicted octanol–water partition coefficient (Wildman–Crippen LogP) is 3.11. The van der Waals surface area contributed by atoms with Gasteiger partial charge in [0.25, 0.3) is 0 Å². The summed E-state index contributed by atoms with van der Waals surface area (Å²) in [7, 11) is 0. The van der Waals surface area contributed by atoms with Crippen LogP contribution < -0.4 is 10.6 Å². The van der Waals surface area contributed by atoms with Crippen LogP contribution in [0, 0.1) is 5.92 Å². The van der Waals surface area contributed by atoms with Gasteiger partial charge in [0.2, 0.25) is 5.91 Å². The number of aromatic hydroxyl groups is 3. The maximum Gasteiger partial charge on any atom is 0.337 e. The first-order valence-electron chi connectivity index (χ1n) is 9.88. The Bertz CT molecular complexity index is 1090. The molecule has 1 heterocycles. The molecule has 2 aromatic rings. The number of hydrogen-bond acceptors (Lipinski definition) is 7. The molecule has 0 saturated carbocycles. The number of carbonyl (C=O) groups excluding carboxylic acids is 1. The smallest absolute Gasteiger partial charge is 0.337 e. The molecule has 32 heavy (non-hydrogen) atoms. The second-order valence-electron chi connectivity index (χ2n) is 7.48. The second kappa shape index (κ2) is 9.44. The van der Waals surface area contributed by atoms with Gasteiger partial charge in [0, 0.05) is 17.7 Å². The molecule has 168 valence electrons. The molecule has 1 amide bonds. The van der Waals surface area contributed by atoms with Crippen LogP contribution in [0.1, 0.15) is 35.3 Å². The lowest BCUT2D eigenvalue weighted by Crippen LogP contribution is -2.29. The van der Waals surface area contributed by atoms with Crippen molar-refractivity contribution >= 4 is 23.3 Å². The van der Waals surface area contributed by atoms with E-state index in [4.69, 9.17) is 0 Å². The van der Waals surface area contributed by atoms with E-state index in [1.54, 1.807) is 18.2 Å². The van der Waals surface area contributed by atoms with E-state index >= 15 is 0 Å². The third-order valence-electron chi connectivity index (χ3n) is 5.17. The number of fused-ring (bicyclic) bond motifs is 2. The first-order valence-corrected chi connectivity index (χ1v) is 9.88. The van der Waals surface area contributed by atoms with Gasteiger partial charge in [0.05, 0.1) is 35.0 Å². The standard InChI is InChI=1S/C23H24N2O7/c1-12-20(28)6-4-2-3-5-17(24-18-10-13(26)7-8-15(18)23(31)32)16-9-14(27)11-19(21(16)29)25-22(12)30/h2-4,6-12,17,20,24,26-29H,5H2,1H3,(H,25,30)(H,31,32). The zero-order chi connectivity index (χ0) is 23.4. The highest BCUT2D eigenvalue weighted by Gasteiger charge is 2.25. The van der Waals surface area contributed by atoms with Crippen molar-refractivity contribution in [3.63, 3.8) is 0 Å². The summed E-state index contributed by atoms with van der Waals surface area (Å²) in [5.41, 5.74) is 0.145. The molecule has 0 saturated heterocycles. The van der Waals surface area contributed by atoms with Gasteiger partial charge >= 0.3 is 5.97 Å². The summed E-state index contributed by atoms with van der Waals surface area (Å²) in [5, 5.41) is 56.0. The summed E-state index contributed by atoms with van der Waals surface area (Å²) in [6, 6.07) is 5.47. The number of anilines is 2. The molecular weight excluding hydrogens is 416 g/mol. The third kappa shape index (κ3) is 5.01. The molecule has 1 aliphatic rings. The van der Waals surface area contributed by atoms with Crippen molar-refractivity contribution in [2.45, 2.75) is 25.5 Å². The summed E-state index contributed by atoms with van der Waals surface area (Å²) in [4.78, 5) is 24.1. The summed E-state index contributed by atoms with van der Waals surface area (Å²) in [6.45, 7) is 1.52. The minimum Gasteiger partial charge on any atom is -0.508 e. The van der Waals surface area contributed by atoms with Crippen molar-refractivity contribution in [2.75, 3.05) is 10.6 Å². The van der Waals surface area contributed by atoms with E-state index in [-0.39, 0.29) is 46.2 Å². The highest BCUT2D eigenvalue weighted by molar-refractivity contribution is 5.95. The molecule has 9 heteroatoms. The Labute approximate surface area is 184 Å². The van der Waals surface area contributed by atoms with Gasteiger partial charge in [-0.1, -0.05) is 31.2 Å². The summed E-state index contributed by atoms with van der Waals surface area (Å²) in [6.07, 6.45) is 5.54. The lowest BCUT2D eigenvalue weighted by atomic mass is 9.99. The van der Waals surface area contributed by atoms with E-state index in [0.29, 0.717) is 0 Å². The number of phenols is 3. The predicted molar refractivity (Wildman–Crippen MR) is 118 cm³/mol. The van der Waals surface area contributed by atoms with Crippen molar-refractivity contribution in [2.24, 2.45) is 5.92 Å². The minimum atomic E-state index is -1.22. The van der Waals surface area contributed by atoms with Crippen LogP contribution in [-0.4, -0.2) is 43.5 Å². The van der Waals surface area contributed by atoms with E-state index in [2.05, 4.69) is 10.6 Å². The number of carboxylic acid groups (broad SMARTS) is 1. The fourth-order valence-corrected chi connectivity index (χ4v) is 3.33. The van der Waals surface area contributed by atoms with Crippen LogP contribution in [0.4, 0.5) is 11.4 Å². The van der Waals surface area contributed by atoms with Gasteiger partial charge < -0.3 is 36.2 Å². The van der Waals surface area contributed by atoms with Crippen molar-refractivity contribution in [1.82, 2.24) is 0 Å². The molecule has 9 nitrogen and oxygen atoms in total. The van der Waals surface area contributed by atoms with E-state index in [9.17, 15) is 35.1 Å². The Morgan fingerprint density at radius 2 is 1.84 bits per heavy atom. The monoisotopic (exact) mass is 440 g/mol. The quantitative estimate of drug-likeness (QED) is 0.283. The van der Waals surface area contributed by atoms with Gasteiger partial charge in [0.15, 0.2) is 0 Å². The van der Waals surface area contributed by atoms with E-state index < -0.39 is 29.9 Å². The van der Waals surface area contributed by atoms with Crippen LogP contribution in [0.15, 0.2) is 54.6 Å². The van der Waals surface area contributed by atoms with E-state index in [1.807, 2.05) is 0 Å². The fourth-order valence-electron chi connectivity index (χ4n) is 3.33. The number of nitrogens with one attached hydrogen (secondary N) is 2. The summed E-state index contributed by atoms with van der Waals surface area (Å²) in [5.74, 6) is -3.33. The Morgan fingerprint density at radius 1 is 1.09 bits per heavy atom. The number of carbonyl (C=O) groups is 2. The molecule has 0 spiro atoms. The second-order valence-corrected chi connectivity index (χ2v) is 7.48. The Hall–Kier alpha value is -3.98. The molecule has 0 fully saturated rings. The summed E-state index contributed by atoms with van der Waals surface area (Å²) >= 11 is 0. The normalized spacial score (nSPS) is 21.1. The molecule has 0 aliphatic carbocycles. The minimum absolute atomic E-state index is 0.0579. The molecule has 7 N–H and O–H groups in total. The van der Waals surface area contributed by atoms with Crippen molar-refractivity contribution < 1.29 is 35.1 Å². The number of benzene rings is 2.